The molecule has 2 unspecified atom stereocenters. The molecule has 0 radical (unpaired) electrons. The van der Waals surface area contributed by atoms with Crippen molar-refractivity contribution in [2.24, 2.45) is 11.8 Å². The molecule has 15 heteroatoms. The number of amides is 2. The summed E-state index contributed by atoms with van der Waals surface area (Å²) in [5.74, 6) is -1.33. The highest BCUT2D eigenvalue weighted by molar-refractivity contribution is 9.10. The fourth-order valence-electron chi connectivity index (χ4n) is 6.99. The Bertz CT molecular complexity index is 1990. The summed E-state index contributed by atoms with van der Waals surface area (Å²) in [5.41, 5.74) is 2.32. The first kappa shape index (κ1) is 51.2. The fourth-order valence-corrected chi connectivity index (χ4v) is 7.15. The number of methoxy groups -OCH3 is 2. The van der Waals surface area contributed by atoms with Gasteiger partial charge >= 0.3 is 11.9 Å². The average molecular weight is 924 g/mol. The van der Waals surface area contributed by atoms with Crippen LogP contribution < -0.4 is 16.0 Å². The van der Waals surface area contributed by atoms with Crippen molar-refractivity contribution in [2.75, 3.05) is 40.4 Å². The molecule has 2 aromatic carbocycles. The zero-order chi connectivity index (χ0) is 44.6. The molecule has 0 spiro atoms. The number of nitrogens with one attached hydrogen (secondary N) is 3. The largest absolute Gasteiger partial charge is 0.468 e. The highest BCUT2D eigenvalue weighted by atomic mass is 79.9. The molecule has 12 nitrogen and oxygen atoms in total. The molecule has 2 aliphatic heterocycles. The molecule has 4 aromatic rings. The van der Waals surface area contributed by atoms with E-state index < -0.39 is 15.9 Å². The SMILES string of the molecule is C.COC(=O)C(C)(C)Br.COC(=O)C(C)(C)N1CCC(C(=O)NC(c2ccc(F)cc2)c2ccccn2)CC1.O=C(NC(c1ccc(F)cc1)c1ccccn1)C1CCNCC1. The quantitative estimate of drug-likeness (QED) is 0.102. The lowest BCUT2D eigenvalue weighted by Crippen LogP contribution is -2.54. The van der Waals surface area contributed by atoms with E-state index in [-0.39, 0.29) is 60.7 Å². The van der Waals surface area contributed by atoms with Crippen LogP contribution in [0.25, 0.3) is 0 Å². The van der Waals surface area contributed by atoms with E-state index in [4.69, 9.17) is 4.74 Å². The maximum Gasteiger partial charge on any atom is 0.325 e. The van der Waals surface area contributed by atoms with Gasteiger partial charge in [0.25, 0.3) is 0 Å². The first-order chi connectivity index (χ1) is 29.0. The molecule has 0 bridgehead atoms. The Hall–Kier alpha value is -5.12. The van der Waals surface area contributed by atoms with Crippen molar-refractivity contribution >= 4 is 39.7 Å². The third kappa shape index (κ3) is 15.1. The van der Waals surface area contributed by atoms with Gasteiger partial charge < -0.3 is 25.4 Å². The van der Waals surface area contributed by atoms with Gasteiger partial charge in [-0.2, -0.15) is 0 Å². The summed E-state index contributed by atoms with van der Waals surface area (Å²) < 4.78 is 35.4. The number of hydrogen-bond acceptors (Lipinski definition) is 10. The first-order valence-electron chi connectivity index (χ1n) is 20.3. The summed E-state index contributed by atoms with van der Waals surface area (Å²) in [4.78, 5) is 59.0. The van der Waals surface area contributed by atoms with Crippen LogP contribution in [0.4, 0.5) is 8.78 Å². The zero-order valence-electron chi connectivity index (χ0n) is 35.6. The second-order valence-corrected chi connectivity index (χ2v) is 17.8. The van der Waals surface area contributed by atoms with E-state index in [0.717, 1.165) is 42.8 Å². The van der Waals surface area contributed by atoms with E-state index >= 15 is 0 Å². The van der Waals surface area contributed by atoms with Crippen LogP contribution in [0.3, 0.4) is 0 Å². The maximum absolute atomic E-state index is 13.4. The van der Waals surface area contributed by atoms with Gasteiger partial charge in [0.05, 0.1) is 37.7 Å². The van der Waals surface area contributed by atoms with E-state index in [1.54, 1.807) is 50.5 Å². The Labute approximate surface area is 373 Å². The molecule has 0 saturated carbocycles. The van der Waals surface area contributed by atoms with Crippen molar-refractivity contribution < 1.29 is 37.4 Å². The summed E-state index contributed by atoms with van der Waals surface area (Å²) in [6.45, 7) is 10.1. The van der Waals surface area contributed by atoms with Gasteiger partial charge in [-0.3, -0.25) is 34.0 Å². The summed E-state index contributed by atoms with van der Waals surface area (Å²) in [5, 5.41) is 9.44. The molecule has 336 valence electrons. The van der Waals surface area contributed by atoms with E-state index in [1.165, 1.54) is 38.5 Å². The number of carbonyl (C=O) groups is 4. The predicted molar refractivity (Wildman–Crippen MR) is 239 cm³/mol. The minimum atomic E-state index is -0.721. The van der Waals surface area contributed by atoms with Crippen molar-refractivity contribution in [2.45, 2.75) is 82.8 Å². The zero-order valence-corrected chi connectivity index (χ0v) is 37.2. The van der Waals surface area contributed by atoms with E-state index in [2.05, 4.69) is 51.5 Å². The molecule has 6 rings (SSSR count). The molecule has 2 fully saturated rings. The van der Waals surface area contributed by atoms with Crippen LogP contribution >= 0.6 is 15.9 Å². The summed E-state index contributed by atoms with van der Waals surface area (Å²) in [6, 6.07) is 22.6. The van der Waals surface area contributed by atoms with Gasteiger partial charge in [-0.05, 0) is 139 Å². The topological polar surface area (TPSA) is 152 Å². The first-order valence-corrected chi connectivity index (χ1v) is 21.1. The number of benzene rings is 2. The summed E-state index contributed by atoms with van der Waals surface area (Å²) in [7, 11) is 2.75. The number of nitrogens with zero attached hydrogens (tertiary/aromatic N) is 3. The third-order valence-corrected chi connectivity index (χ3v) is 11.0. The second kappa shape index (κ2) is 24.5. The predicted octanol–water partition coefficient (Wildman–Crippen LogP) is 7.48. The van der Waals surface area contributed by atoms with Crippen LogP contribution in [0, 0.1) is 23.5 Å². The molecule has 2 aliphatic rings. The Morgan fingerprint density at radius 3 is 1.42 bits per heavy atom. The summed E-state index contributed by atoms with van der Waals surface area (Å²) in [6.07, 6.45) is 6.33. The van der Waals surface area contributed by atoms with Gasteiger partial charge in [0, 0.05) is 24.2 Å². The molecule has 0 aliphatic carbocycles. The lowest BCUT2D eigenvalue weighted by Gasteiger charge is -2.40. The molecule has 2 amide bonds. The minimum Gasteiger partial charge on any atom is -0.468 e. The smallest absolute Gasteiger partial charge is 0.325 e. The van der Waals surface area contributed by atoms with E-state index in [9.17, 15) is 28.0 Å². The van der Waals surface area contributed by atoms with E-state index in [0.29, 0.717) is 31.6 Å². The van der Waals surface area contributed by atoms with Crippen molar-refractivity contribution in [3.63, 3.8) is 0 Å². The maximum atomic E-state index is 13.4. The van der Waals surface area contributed by atoms with Crippen LogP contribution in [0.5, 0.6) is 0 Å². The summed E-state index contributed by atoms with van der Waals surface area (Å²) >= 11 is 3.13. The monoisotopic (exact) mass is 922 g/mol. The number of aromatic nitrogens is 2. The number of halogens is 3. The van der Waals surface area contributed by atoms with Crippen molar-refractivity contribution in [3.8, 4) is 0 Å². The molecule has 2 aromatic heterocycles. The normalized spacial score (nSPS) is 15.7. The van der Waals surface area contributed by atoms with Gasteiger partial charge in [-0.15, -0.1) is 0 Å². The number of likely N-dealkylation sites (tertiary alicyclic amines) is 1. The Kier molecular flexibility index (Phi) is 20.2. The molecule has 2 atom stereocenters. The van der Waals surface area contributed by atoms with Gasteiger partial charge in [0.1, 0.15) is 21.5 Å². The molecule has 2 saturated heterocycles. The van der Waals surface area contributed by atoms with Crippen LogP contribution in [-0.4, -0.2) is 88.9 Å². The van der Waals surface area contributed by atoms with E-state index in [1.807, 2.05) is 50.2 Å². The van der Waals surface area contributed by atoms with Crippen LogP contribution in [0.1, 0.15) is 95.4 Å². The molecule has 3 N–H and O–H groups in total. The van der Waals surface area contributed by atoms with Gasteiger partial charge in [0.15, 0.2) is 0 Å². The highest BCUT2D eigenvalue weighted by Crippen LogP contribution is 2.28. The fraction of sp³-hybridized carbons (Fsp3) is 0.447. The van der Waals surface area contributed by atoms with Crippen LogP contribution in [0.15, 0.2) is 97.3 Å². The van der Waals surface area contributed by atoms with Crippen molar-refractivity contribution in [1.29, 1.82) is 0 Å². The van der Waals surface area contributed by atoms with Crippen LogP contribution in [-0.2, 0) is 28.7 Å². The molecule has 62 heavy (non-hydrogen) atoms. The Morgan fingerprint density at radius 2 is 1.08 bits per heavy atom. The number of ether oxygens (including phenoxy) is 2. The van der Waals surface area contributed by atoms with Gasteiger partial charge in [-0.1, -0.05) is 59.8 Å². The Balaban J connectivity index is 0.000000283. The van der Waals surface area contributed by atoms with Crippen molar-refractivity contribution in [1.82, 2.24) is 30.8 Å². The number of piperidine rings is 2. The number of pyridine rings is 2. The average Bonchev–Trinajstić information content (AvgIpc) is 3.28. The number of esters is 2. The molecular formula is C47H61BrF2N6O6. The Morgan fingerprint density at radius 1 is 0.677 bits per heavy atom. The van der Waals surface area contributed by atoms with Gasteiger partial charge in [0.2, 0.25) is 11.8 Å². The molecule has 4 heterocycles. The number of hydrogen-bond donors (Lipinski definition) is 3. The molecular weight excluding hydrogens is 862 g/mol. The standard InChI is InChI=1S/C23H28FN3O3.C18H20FN3O.C5H9BrO2.CH4/c1-23(2,22(29)30-3)27-14-11-17(12-15-27)21(28)26-20(19-6-4-5-13-25-19)16-7-9-18(24)10-8-16;19-15-6-4-13(5-7-15)17(16-3-1-2-10-21-16)22-18(23)14-8-11-20-12-9-14;1-5(2,6)4(7)8-3;/h4-10,13,17,20H,11-12,14-15H2,1-3H3,(H,26,28);1-7,10,14,17,20H,8-9,11-12H2,(H,22,23);1-3H3;1H4. The number of carbonyl (C=O) groups excluding carboxylic acids is 4. The number of rotatable bonds is 11. The van der Waals surface area contributed by atoms with Crippen LogP contribution in [0.2, 0.25) is 0 Å². The number of alkyl halides is 1. The minimum absolute atomic E-state index is 0. The van der Waals surface area contributed by atoms with Crippen molar-refractivity contribution in [3.05, 3.63) is 131 Å². The van der Waals surface area contributed by atoms with Gasteiger partial charge in [-0.25, -0.2) is 8.78 Å². The highest BCUT2D eigenvalue weighted by Gasteiger charge is 2.39. The third-order valence-electron chi connectivity index (χ3n) is 10.7. The second-order valence-electron chi connectivity index (χ2n) is 15.8. The lowest BCUT2D eigenvalue weighted by molar-refractivity contribution is -0.154. The lowest BCUT2D eigenvalue weighted by atomic mass is 9.91.